The van der Waals surface area contributed by atoms with E-state index in [2.05, 4.69) is 123 Å². The molecule has 0 bridgehead atoms. The first-order valence-corrected chi connectivity index (χ1v) is 20.6. The molecule has 0 saturated heterocycles. The van der Waals surface area contributed by atoms with Crippen LogP contribution in [0.4, 0.5) is 11.4 Å². The number of benzene rings is 2. The summed E-state index contributed by atoms with van der Waals surface area (Å²) in [5.41, 5.74) is 11.8. The summed E-state index contributed by atoms with van der Waals surface area (Å²) in [6.07, 6.45) is 16.5. The molecule has 5 rings (SSSR count). The van der Waals surface area contributed by atoms with Crippen LogP contribution in [0.15, 0.2) is 89.3 Å². The highest BCUT2D eigenvalue weighted by molar-refractivity contribution is 7.85. The van der Waals surface area contributed by atoms with Crippen molar-refractivity contribution in [2.24, 2.45) is 0 Å². The highest BCUT2D eigenvalue weighted by Gasteiger charge is 2.44. The number of hydrogen-bond acceptors (Lipinski definition) is 6. The van der Waals surface area contributed by atoms with Crippen LogP contribution in [-0.4, -0.2) is 61.7 Å². The van der Waals surface area contributed by atoms with Crippen molar-refractivity contribution in [2.75, 3.05) is 36.9 Å². The number of rotatable bonds is 17. The molecule has 2 N–H and O–H groups in total. The Bertz CT molecular complexity index is 1900. The van der Waals surface area contributed by atoms with Gasteiger partial charge in [-0.2, -0.15) is 13.0 Å². The smallest absolute Gasteiger partial charge is 0.293 e. The SMILES string of the molecule is CCCCC[N+]1=C(/C=C/C2=C(NCCOC=O)C(=C/C=C3/N(CCCCS(=O)(=O)O)c4ccc(C)cc4C3(C)C)/CCC2)C(C)(C)c2ccccc21. The molecule has 1 aliphatic carbocycles. The van der Waals surface area contributed by atoms with E-state index in [0.717, 1.165) is 49.3 Å². The Morgan fingerprint density at radius 1 is 0.962 bits per heavy atom. The number of unbranched alkanes of at least 4 members (excludes halogenated alkanes) is 3. The number of aryl methyl sites for hydroxylation is 1. The largest absolute Gasteiger partial charge is 0.466 e. The Morgan fingerprint density at radius 2 is 1.75 bits per heavy atom. The van der Waals surface area contributed by atoms with Crippen molar-refractivity contribution in [3.05, 3.63) is 106 Å². The topological polar surface area (TPSA) is 99.0 Å². The lowest BCUT2D eigenvalue weighted by Gasteiger charge is -2.28. The van der Waals surface area contributed by atoms with E-state index in [9.17, 15) is 17.8 Å². The fraction of sp³-hybridized carbons (Fsp3) is 0.488. The molecule has 2 aromatic carbocycles. The van der Waals surface area contributed by atoms with Gasteiger partial charge in [-0.3, -0.25) is 9.35 Å². The summed E-state index contributed by atoms with van der Waals surface area (Å²) in [6.45, 7) is 16.4. The maximum Gasteiger partial charge on any atom is 0.293 e. The van der Waals surface area contributed by atoms with Gasteiger partial charge in [0.2, 0.25) is 5.69 Å². The molecule has 0 fully saturated rings. The molecular formula is C43H58N3O5S+. The van der Waals surface area contributed by atoms with Crippen molar-refractivity contribution in [1.29, 1.82) is 0 Å². The number of allylic oxidation sites excluding steroid dienone is 7. The standard InChI is InChI=1S/C43H57N3O5S/c1-7-8-11-26-45-37-18-10-9-17-35(37)42(3,4)39(45)23-20-33-15-14-16-34(41(33)44-25-28-51-31-47)21-24-40-43(5,6)36-30-32(2)19-22-38(36)46(40)27-12-13-29-52(48,49)50/h9-10,17-24,30-31H,7-8,11-16,25-29H2,1-6H3,(H,48,49,50)/p+1/b34-21+,40-24+. The molecule has 2 heterocycles. The van der Waals surface area contributed by atoms with Gasteiger partial charge in [-0.05, 0) is 88.1 Å². The molecule has 0 saturated carbocycles. The van der Waals surface area contributed by atoms with Gasteiger partial charge in [0.1, 0.15) is 13.2 Å². The number of ether oxygens (including phenoxy) is 1. The zero-order valence-corrected chi connectivity index (χ0v) is 32.8. The van der Waals surface area contributed by atoms with Crippen molar-refractivity contribution < 1.29 is 27.1 Å². The molecule has 2 aromatic rings. The number of nitrogens with zero attached hydrogens (tertiary/aromatic N) is 2. The second-order valence-corrected chi connectivity index (χ2v) is 17.0. The highest BCUT2D eigenvalue weighted by Crippen LogP contribution is 2.48. The van der Waals surface area contributed by atoms with E-state index < -0.39 is 10.1 Å². The van der Waals surface area contributed by atoms with E-state index in [1.54, 1.807) is 0 Å². The van der Waals surface area contributed by atoms with Gasteiger partial charge in [-0.1, -0.05) is 75.2 Å². The van der Waals surface area contributed by atoms with Crippen molar-refractivity contribution in [3.63, 3.8) is 0 Å². The van der Waals surface area contributed by atoms with Crippen molar-refractivity contribution in [3.8, 4) is 0 Å². The first-order valence-electron chi connectivity index (χ1n) is 19.0. The molecule has 0 atom stereocenters. The van der Waals surface area contributed by atoms with Gasteiger partial charge in [0, 0.05) is 59.7 Å². The molecular weight excluding hydrogens is 671 g/mol. The molecule has 0 radical (unpaired) electrons. The number of carbonyl (C=O) groups excluding carboxylic acids is 1. The summed E-state index contributed by atoms with van der Waals surface area (Å²) >= 11 is 0. The predicted molar refractivity (Wildman–Crippen MR) is 212 cm³/mol. The monoisotopic (exact) mass is 728 g/mol. The third-order valence-corrected chi connectivity index (χ3v) is 11.7. The summed E-state index contributed by atoms with van der Waals surface area (Å²) in [5, 5.41) is 3.64. The number of carbonyl (C=O) groups is 1. The third kappa shape index (κ3) is 8.80. The van der Waals surface area contributed by atoms with Crippen LogP contribution in [0, 0.1) is 6.92 Å². The van der Waals surface area contributed by atoms with Gasteiger partial charge in [0.25, 0.3) is 16.6 Å². The van der Waals surface area contributed by atoms with E-state index in [1.807, 2.05) is 0 Å². The minimum Gasteiger partial charge on any atom is -0.466 e. The average molecular weight is 729 g/mol. The summed E-state index contributed by atoms with van der Waals surface area (Å²) < 4.78 is 39.8. The van der Waals surface area contributed by atoms with Gasteiger partial charge < -0.3 is 15.0 Å². The summed E-state index contributed by atoms with van der Waals surface area (Å²) in [4.78, 5) is 13.3. The molecule has 0 amide bonds. The van der Waals surface area contributed by atoms with Crippen LogP contribution in [0.3, 0.4) is 0 Å². The predicted octanol–water partition coefficient (Wildman–Crippen LogP) is 8.59. The highest BCUT2D eigenvalue weighted by atomic mass is 32.2. The second-order valence-electron chi connectivity index (χ2n) is 15.4. The summed E-state index contributed by atoms with van der Waals surface area (Å²) in [5.74, 6) is -0.239. The van der Waals surface area contributed by atoms with Crippen molar-refractivity contribution in [1.82, 2.24) is 5.32 Å². The van der Waals surface area contributed by atoms with E-state index in [4.69, 9.17) is 4.74 Å². The summed E-state index contributed by atoms with van der Waals surface area (Å²) in [6, 6.07) is 15.3. The fourth-order valence-corrected chi connectivity index (χ4v) is 8.68. The third-order valence-electron chi connectivity index (χ3n) is 10.9. The van der Waals surface area contributed by atoms with Crippen LogP contribution in [0.2, 0.25) is 0 Å². The molecule has 9 heteroatoms. The van der Waals surface area contributed by atoms with Crippen LogP contribution < -0.4 is 10.2 Å². The molecule has 8 nitrogen and oxygen atoms in total. The second kappa shape index (κ2) is 16.8. The molecule has 0 spiro atoms. The molecule has 280 valence electrons. The Morgan fingerprint density at radius 3 is 2.50 bits per heavy atom. The minimum atomic E-state index is -4.00. The minimum absolute atomic E-state index is 0.130. The van der Waals surface area contributed by atoms with Gasteiger partial charge in [-0.15, -0.1) is 0 Å². The lowest BCUT2D eigenvalue weighted by atomic mass is 9.81. The molecule has 3 aliphatic rings. The fourth-order valence-electron chi connectivity index (χ4n) is 8.11. The zero-order chi connectivity index (χ0) is 37.5. The number of nitrogens with one attached hydrogen (secondary N) is 1. The van der Waals surface area contributed by atoms with Crippen LogP contribution >= 0.6 is 0 Å². The van der Waals surface area contributed by atoms with E-state index in [0.29, 0.717) is 32.4 Å². The number of hydrogen-bond donors (Lipinski definition) is 2. The number of fused-ring (bicyclic) bond motifs is 2. The van der Waals surface area contributed by atoms with Crippen LogP contribution in [0.25, 0.3) is 0 Å². The average Bonchev–Trinajstić information content (AvgIpc) is 3.44. The van der Waals surface area contributed by atoms with Gasteiger partial charge in [0.05, 0.1) is 11.2 Å². The van der Waals surface area contributed by atoms with Crippen molar-refractivity contribution in [2.45, 2.75) is 104 Å². The molecule has 2 aliphatic heterocycles. The van der Waals surface area contributed by atoms with Crippen LogP contribution in [0.5, 0.6) is 0 Å². The molecule has 0 aromatic heterocycles. The number of anilines is 1. The van der Waals surface area contributed by atoms with Crippen LogP contribution in [-0.2, 0) is 30.5 Å². The van der Waals surface area contributed by atoms with Gasteiger partial charge >= 0.3 is 0 Å². The first kappa shape index (κ1) is 39.3. The lowest BCUT2D eigenvalue weighted by Crippen LogP contribution is -2.28. The Balaban J connectivity index is 1.54. The Kier molecular flexibility index (Phi) is 12.7. The maximum absolute atomic E-state index is 11.4. The molecule has 0 unspecified atom stereocenters. The number of para-hydroxylation sites is 1. The van der Waals surface area contributed by atoms with Crippen LogP contribution in [0.1, 0.15) is 103 Å². The summed E-state index contributed by atoms with van der Waals surface area (Å²) in [7, 11) is -4.00. The molecule has 52 heavy (non-hydrogen) atoms. The first-order chi connectivity index (χ1) is 24.8. The van der Waals surface area contributed by atoms with Gasteiger partial charge in [-0.25, -0.2) is 0 Å². The quantitative estimate of drug-likeness (QED) is 0.0729. The Hall–Kier alpha value is -3.95. The van der Waals surface area contributed by atoms with E-state index in [1.165, 1.54) is 52.1 Å². The van der Waals surface area contributed by atoms with Gasteiger partial charge in [0.15, 0.2) is 5.71 Å². The normalized spacial score (nSPS) is 19.6. The van der Waals surface area contributed by atoms with Crippen molar-refractivity contribution >= 4 is 33.7 Å². The zero-order valence-electron chi connectivity index (χ0n) is 32.0. The van der Waals surface area contributed by atoms with E-state index in [-0.39, 0.29) is 23.2 Å². The lowest BCUT2D eigenvalue weighted by molar-refractivity contribution is -0.438. The Labute approximate surface area is 311 Å². The maximum atomic E-state index is 11.4. The van der Waals surface area contributed by atoms with E-state index >= 15 is 0 Å².